The number of halogens is 2. The molecule has 0 fully saturated rings. The predicted molar refractivity (Wildman–Crippen MR) is 72.1 cm³/mol. The summed E-state index contributed by atoms with van der Waals surface area (Å²) in [6.07, 6.45) is 0. The van der Waals surface area contributed by atoms with Crippen molar-refractivity contribution in [2.75, 3.05) is 0 Å². The number of hydrogen-bond acceptors (Lipinski definition) is 3. The number of aryl methyl sites for hydroxylation is 1. The summed E-state index contributed by atoms with van der Waals surface area (Å²) in [6.45, 7) is 2.29. The molecular weight excluding hydrogens is 319 g/mol. The van der Waals surface area contributed by atoms with E-state index < -0.39 is 5.82 Å². The van der Waals surface area contributed by atoms with Gasteiger partial charge in [0.1, 0.15) is 5.82 Å². The lowest BCUT2D eigenvalue weighted by atomic mass is 10.2. The number of carbonyl (C=O) groups excluding carboxylic acids is 1. The Morgan fingerprint density at radius 1 is 1.56 bits per heavy atom. The molecule has 94 valence electrons. The standard InChI is InChI=1S/C12H10BrFN2OS/c1-7-11(18-6-16-7)5-15-12(17)9-4-8(14)2-3-10(9)13/h2-4,6H,5H2,1H3,(H,15,17). The van der Waals surface area contributed by atoms with Gasteiger partial charge in [-0.3, -0.25) is 4.79 Å². The highest BCUT2D eigenvalue weighted by Gasteiger charge is 2.11. The molecule has 6 heteroatoms. The van der Waals surface area contributed by atoms with E-state index in [2.05, 4.69) is 26.2 Å². The molecule has 1 aromatic heterocycles. The van der Waals surface area contributed by atoms with E-state index in [0.717, 1.165) is 10.6 Å². The van der Waals surface area contributed by atoms with Crippen molar-refractivity contribution in [2.45, 2.75) is 13.5 Å². The molecule has 0 bridgehead atoms. The van der Waals surface area contributed by atoms with Crippen LogP contribution in [0.5, 0.6) is 0 Å². The molecule has 1 N–H and O–H groups in total. The highest BCUT2D eigenvalue weighted by atomic mass is 79.9. The first-order chi connectivity index (χ1) is 8.58. The Hall–Kier alpha value is -1.27. The summed E-state index contributed by atoms with van der Waals surface area (Å²) in [4.78, 5) is 17.0. The van der Waals surface area contributed by atoms with Gasteiger partial charge in [-0.2, -0.15) is 0 Å². The molecule has 1 amide bonds. The van der Waals surface area contributed by atoms with Crippen LogP contribution in [0.1, 0.15) is 20.9 Å². The minimum atomic E-state index is -0.433. The first-order valence-corrected chi connectivity index (χ1v) is 6.87. The summed E-state index contributed by atoms with van der Waals surface area (Å²) in [5.74, 6) is -0.744. The molecule has 0 aliphatic rings. The van der Waals surface area contributed by atoms with E-state index >= 15 is 0 Å². The maximum absolute atomic E-state index is 13.1. The zero-order valence-corrected chi connectivity index (χ0v) is 11.9. The van der Waals surface area contributed by atoms with Crippen LogP contribution in [-0.4, -0.2) is 10.9 Å². The van der Waals surface area contributed by atoms with E-state index in [-0.39, 0.29) is 11.5 Å². The van der Waals surface area contributed by atoms with Gasteiger partial charge in [0.25, 0.3) is 5.91 Å². The van der Waals surface area contributed by atoms with Gasteiger partial charge in [0.05, 0.1) is 23.3 Å². The maximum atomic E-state index is 13.1. The fourth-order valence-corrected chi connectivity index (χ4v) is 2.57. The molecule has 2 rings (SSSR count). The van der Waals surface area contributed by atoms with Crippen LogP contribution in [0.2, 0.25) is 0 Å². The average Bonchev–Trinajstić information content (AvgIpc) is 2.75. The van der Waals surface area contributed by atoms with Crippen LogP contribution in [-0.2, 0) is 6.54 Å². The van der Waals surface area contributed by atoms with Gasteiger partial charge in [-0.05, 0) is 41.1 Å². The molecule has 0 saturated carbocycles. The quantitative estimate of drug-likeness (QED) is 0.939. The molecule has 0 saturated heterocycles. The summed E-state index contributed by atoms with van der Waals surface area (Å²) < 4.78 is 13.6. The van der Waals surface area contributed by atoms with E-state index in [4.69, 9.17) is 0 Å². The van der Waals surface area contributed by atoms with Crippen molar-refractivity contribution in [3.63, 3.8) is 0 Å². The number of aromatic nitrogens is 1. The fraction of sp³-hybridized carbons (Fsp3) is 0.167. The number of hydrogen-bond donors (Lipinski definition) is 1. The normalized spacial score (nSPS) is 10.4. The molecule has 1 heterocycles. The van der Waals surface area contributed by atoms with Gasteiger partial charge in [-0.25, -0.2) is 9.37 Å². The highest BCUT2D eigenvalue weighted by Crippen LogP contribution is 2.18. The zero-order chi connectivity index (χ0) is 13.1. The Balaban J connectivity index is 2.08. The van der Waals surface area contributed by atoms with Crippen molar-refractivity contribution in [3.8, 4) is 0 Å². The number of carbonyl (C=O) groups is 1. The average molecular weight is 329 g/mol. The van der Waals surface area contributed by atoms with Crippen molar-refractivity contribution >= 4 is 33.2 Å². The van der Waals surface area contributed by atoms with Crippen LogP contribution in [0.15, 0.2) is 28.2 Å². The van der Waals surface area contributed by atoms with Crippen LogP contribution in [0.25, 0.3) is 0 Å². The second-order valence-electron chi connectivity index (χ2n) is 3.67. The zero-order valence-electron chi connectivity index (χ0n) is 9.54. The molecule has 18 heavy (non-hydrogen) atoms. The smallest absolute Gasteiger partial charge is 0.252 e. The second-order valence-corrected chi connectivity index (χ2v) is 5.46. The number of rotatable bonds is 3. The van der Waals surface area contributed by atoms with Gasteiger partial charge in [-0.1, -0.05) is 0 Å². The fourth-order valence-electron chi connectivity index (χ4n) is 1.42. The van der Waals surface area contributed by atoms with Crippen molar-refractivity contribution in [1.29, 1.82) is 0 Å². The molecule has 0 spiro atoms. The topological polar surface area (TPSA) is 42.0 Å². The molecule has 0 unspecified atom stereocenters. The Morgan fingerprint density at radius 3 is 3.00 bits per heavy atom. The van der Waals surface area contributed by atoms with E-state index in [9.17, 15) is 9.18 Å². The lowest BCUT2D eigenvalue weighted by Gasteiger charge is -2.06. The Kier molecular flexibility index (Phi) is 4.08. The Labute approximate surface area is 116 Å². The van der Waals surface area contributed by atoms with E-state index in [1.165, 1.54) is 29.5 Å². The highest BCUT2D eigenvalue weighted by molar-refractivity contribution is 9.10. The molecule has 3 nitrogen and oxygen atoms in total. The third-order valence-corrected chi connectivity index (χ3v) is 4.05. The molecule has 1 aromatic carbocycles. The largest absolute Gasteiger partial charge is 0.347 e. The van der Waals surface area contributed by atoms with Gasteiger partial charge < -0.3 is 5.32 Å². The lowest BCUT2D eigenvalue weighted by Crippen LogP contribution is -2.23. The summed E-state index contributed by atoms with van der Waals surface area (Å²) in [6, 6.07) is 4.02. The van der Waals surface area contributed by atoms with Gasteiger partial charge in [0.2, 0.25) is 0 Å². The van der Waals surface area contributed by atoms with E-state index in [1.807, 2.05) is 6.92 Å². The maximum Gasteiger partial charge on any atom is 0.252 e. The Bertz CT molecular complexity index is 585. The number of thiazole rings is 1. The minimum absolute atomic E-state index is 0.289. The Morgan fingerprint density at radius 2 is 2.33 bits per heavy atom. The molecule has 0 radical (unpaired) electrons. The lowest BCUT2D eigenvalue weighted by molar-refractivity contribution is 0.0950. The van der Waals surface area contributed by atoms with E-state index in [0.29, 0.717) is 11.0 Å². The predicted octanol–water partition coefficient (Wildman–Crippen LogP) is 3.28. The summed E-state index contributed by atoms with van der Waals surface area (Å²) in [7, 11) is 0. The molecule has 2 aromatic rings. The number of nitrogens with zero attached hydrogens (tertiary/aromatic N) is 1. The molecule has 0 atom stereocenters. The van der Waals surface area contributed by atoms with Gasteiger partial charge in [0.15, 0.2) is 0 Å². The van der Waals surface area contributed by atoms with Crippen molar-refractivity contribution in [3.05, 3.63) is 50.1 Å². The summed E-state index contributed by atoms with van der Waals surface area (Å²) in [5, 5.41) is 2.75. The first kappa shape index (κ1) is 13.2. The van der Waals surface area contributed by atoms with Gasteiger partial charge in [0, 0.05) is 9.35 Å². The number of nitrogens with one attached hydrogen (secondary N) is 1. The van der Waals surface area contributed by atoms with Gasteiger partial charge >= 0.3 is 0 Å². The number of amides is 1. The number of benzene rings is 1. The SMILES string of the molecule is Cc1ncsc1CNC(=O)c1cc(F)ccc1Br. The van der Waals surface area contributed by atoms with Gasteiger partial charge in [-0.15, -0.1) is 11.3 Å². The van der Waals surface area contributed by atoms with Crippen LogP contribution in [0.4, 0.5) is 4.39 Å². The summed E-state index contributed by atoms with van der Waals surface area (Å²) in [5.41, 5.74) is 2.92. The van der Waals surface area contributed by atoms with Crippen molar-refractivity contribution < 1.29 is 9.18 Å². The molecule has 0 aliphatic heterocycles. The van der Waals surface area contributed by atoms with E-state index in [1.54, 1.807) is 5.51 Å². The van der Waals surface area contributed by atoms with Crippen molar-refractivity contribution in [1.82, 2.24) is 10.3 Å². The van der Waals surface area contributed by atoms with Crippen LogP contribution in [0.3, 0.4) is 0 Å². The van der Waals surface area contributed by atoms with Crippen LogP contribution < -0.4 is 5.32 Å². The summed E-state index contributed by atoms with van der Waals surface area (Å²) >= 11 is 4.71. The third kappa shape index (κ3) is 2.94. The molecule has 0 aliphatic carbocycles. The first-order valence-electron chi connectivity index (χ1n) is 5.20. The second kappa shape index (κ2) is 5.58. The van der Waals surface area contributed by atoms with Crippen molar-refractivity contribution in [2.24, 2.45) is 0 Å². The van der Waals surface area contributed by atoms with Crippen LogP contribution in [0, 0.1) is 12.7 Å². The molecular formula is C12H10BrFN2OS. The minimum Gasteiger partial charge on any atom is -0.347 e. The third-order valence-electron chi connectivity index (χ3n) is 2.43. The van der Waals surface area contributed by atoms with Crippen LogP contribution >= 0.6 is 27.3 Å². The monoisotopic (exact) mass is 328 g/mol.